The predicted octanol–water partition coefficient (Wildman–Crippen LogP) is 0.935. The second-order valence-corrected chi connectivity index (χ2v) is 2.92. The highest BCUT2D eigenvalue weighted by Gasteiger charge is 2.04. The van der Waals surface area contributed by atoms with Crippen molar-refractivity contribution in [2.24, 2.45) is 0 Å². The molecule has 0 spiro atoms. The average Bonchev–Trinajstić information content (AvgIpc) is 2.03. The highest BCUT2D eigenvalue weighted by atomic mass is 16.1. The van der Waals surface area contributed by atoms with E-state index in [0.29, 0.717) is 11.5 Å². The van der Waals surface area contributed by atoms with Gasteiger partial charge < -0.3 is 5.32 Å². The van der Waals surface area contributed by atoms with Crippen molar-refractivity contribution in [1.29, 1.82) is 0 Å². The van der Waals surface area contributed by atoms with Crippen LogP contribution in [0.15, 0.2) is 11.0 Å². The average molecular weight is 167 g/mol. The molecule has 0 fully saturated rings. The molecule has 0 aliphatic carbocycles. The van der Waals surface area contributed by atoms with Gasteiger partial charge in [-0.15, -0.1) is 0 Å². The van der Waals surface area contributed by atoms with Gasteiger partial charge in [-0.1, -0.05) is 13.8 Å². The number of anilines is 1. The van der Waals surface area contributed by atoms with E-state index < -0.39 is 0 Å². The fourth-order valence-corrected chi connectivity index (χ4v) is 0.943. The van der Waals surface area contributed by atoms with Crippen molar-refractivity contribution < 1.29 is 0 Å². The Morgan fingerprint density at radius 2 is 2.25 bits per heavy atom. The Morgan fingerprint density at radius 3 is 2.67 bits per heavy atom. The summed E-state index contributed by atoms with van der Waals surface area (Å²) >= 11 is 0. The minimum absolute atomic E-state index is 0.0654. The van der Waals surface area contributed by atoms with E-state index in [1.165, 1.54) is 0 Å². The highest BCUT2D eigenvalue weighted by Crippen LogP contribution is 2.07. The SMILES string of the molecule is CNc1ncc(C(C)C)c(=O)[nH]1. The number of H-pyrrole nitrogens is 1. The molecule has 1 heterocycles. The number of hydrogen-bond acceptors (Lipinski definition) is 3. The van der Waals surface area contributed by atoms with E-state index in [0.717, 1.165) is 0 Å². The molecule has 0 saturated carbocycles. The molecular formula is C8H13N3O. The van der Waals surface area contributed by atoms with Gasteiger partial charge in [0.1, 0.15) is 0 Å². The standard InChI is InChI=1S/C8H13N3O/c1-5(2)6-4-10-8(9-3)11-7(6)12/h4-5H,1-3H3,(H2,9,10,11,12). The number of aromatic nitrogens is 2. The summed E-state index contributed by atoms with van der Waals surface area (Å²) in [6, 6.07) is 0. The predicted molar refractivity (Wildman–Crippen MR) is 48.5 cm³/mol. The van der Waals surface area contributed by atoms with Crippen molar-refractivity contribution in [3.8, 4) is 0 Å². The Hall–Kier alpha value is -1.32. The fraction of sp³-hybridized carbons (Fsp3) is 0.500. The molecule has 0 aromatic carbocycles. The molecule has 0 amide bonds. The van der Waals surface area contributed by atoms with Gasteiger partial charge in [-0.2, -0.15) is 0 Å². The molecule has 0 aliphatic rings. The zero-order chi connectivity index (χ0) is 9.14. The third-order valence-corrected chi connectivity index (χ3v) is 1.69. The molecule has 4 nitrogen and oxygen atoms in total. The first kappa shape index (κ1) is 8.77. The van der Waals surface area contributed by atoms with E-state index in [9.17, 15) is 4.79 Å². The lowest BCUT2D eigenvalue weighted by atomic mass is 10.1. The Kier molecular flexibility index (Phi) is 2.47. The van der Waals surface area contributed by atoms with Crippen LogP contribution in [0.25, 0.3) is 0 Å². The van der Waals surface area contributed by atoms with Gasteiger partial charge in [-0.05, 0) is 5.92 Å². The van der Waals surface area contributed by atoms with Gasteiger partial charge >= 0.3 is 0 Å². The maximum Gasteiger partial charge on any atom is 0.255 e. The second kappa shape index (κ2) is 3.38. The van der Waals surface area contributed by atoms with E-state index in [-0.39, 0.29) is 11.5 Å². The minimum Gasteiger partial charge on any atom is -0.359 e. The van der Waals surface area contributed by atoms with Crippen LogP contribution in [0.5, 0.6) is 0 Å². The van der Waals surface area contributed by atoms with Crippen LogP contribution in [0.4, 0.5) is 5.95 Å². The number of nitrogens with zero attached hydrogens (tertiary/aromatic N) is 1. The van der Waals surface area contributed by atoms with Crippen LogP contribution in [0.1, 0.15) is 25.3 Å². The molecule has 0 radical (unpaired) electrons. The van der Waals surface area contributed by atoms with Gasteiger partial charge in [0.05, 0.1) is 0 Å². The van der Waals surface area contributed by atoms with Crippen LogP contribution in [0.3, 0.4) is 0 Å². The first-order chi connectivity index (χ1) is 5.65. The van der Waals surface area contributed by atoms with E-state index in [1.54, 1.807) is 13.2 Å². The number of aromatic amines is 1. The second-order valence-electron chi connectivity index (χ2n) is 2.92. The van der Waals surface area contributed by atoms with Crippen LogP contribution in [0, 0.1) is 0 Å². The van der Waals surface area contributed by atoms with E-state index in [1.807, 2.05) is 13.8 Å². The summed E-state index contributed by atoms with van der Waals surface area (Å²) in [7, 11) is 1.72. The van der Waals surface area contributed by atoms with E-state index in [4.69, 9.17) is 0 Å². The number of hydrogen-bond donors (Lipinski definition) is 2. The molecule has 2 N–H and O–H groups in total. The molecule has 0 bridgehead atoms. The molecule has 0 unspecified atom stereocenters. The zero-order valence-corrected chi connectivity index (χ0v) is 7.51. The minimum atomic E-state index is -0.0654. The summed E-state index contributed by atoms with van der Waals surface area (Å²) in [5.41, 5.74) is 0.651. The maximum atomic E-state index is 11.3. The third-order valence-electron chi connectivity index (χ3n) is 1.69. The van der Waals surface area contributed by atoms with Crippen LogP contribution in [-0.4, -0.2) is 17.0 Å². The zero-order valence-electron chi connectivity index (χ0n) is 7.51. The fourth-order valence-electron chi connectivity index (χ4n) is 0.943. The molecule has 0 aliphatic heterocycles. The Morgan fingerprint density at radius 1 is 1.58 bits per heavy atom. The van der Waals surface area contributed by atoms with Crippen LogP contribution in [-0.2, 0) is 0 Å². The van der Waals surface area contributed by atoms with Gasteiger partial charge in [0, 0.05) is 18.8 Å². The number of nitrogens with one attached hydrogen (secondary N) is 2. The smallest absolute Gasteiger partial charge is 0.255 e. The van der Waals surface area contributed by atoms with Crippen LogP contribution >= 0.6 is 0 Å². The molecule has 4 heteroatoms. The first-order valence-electron chi connectivity index (χ1n) is 3.92. The van der Waals surface area contributed by atoms with Crippen molar-refractivity contribution in [3.05, 3.63) is 22.1 Å². The van der Waals surface area contributed by atoms with Gasteiger partial charge in [-0.25, -0.2) is 4.98 Å². The molecule has 66 valence electrons. The normalized spacial score (nSPS) is 10.3. The lowest BCUT2D eigenvalue weighted by Crippen LogP contribution is -2.16. The summed E-state index contributed by atoms with van der Waals surface area (Å²) in [5, 5.41) is 2.77. The van der Waals surface area contributed by atoms with Gasteiger partial charge in [0.15, 0.2) is 0 Å². The lowest BCUT2D eigenvalue weighted by Gasteiger charge is -2.03. The van der Waals surface area contributed by atoms with Crippen molar-refractivity contribution in [2.75, 3.05) is 12.4 Å². The van der Waals surface area contributed by atoms with E-state index >= 15 is 0 Å². The van der Waals surface area contributed by atoms with Crippen LogP contribution < -0.4 is 10.9 Å². The first-order valence-corrected chi connectivity index (χ1v) is 3.92. The maximum absolute atomic E-state index is 11.3. The quantitative estimate of drug-likeness (QED) is 0.689. The molecular weight excluding hydrogens is 154 g/mol. The van der Waals surface area contributed by atoms with Gasteiger partial charge in [0.2, 0.25) is 5.95 Å². The van der Waals surface area contributed by atoms with Gasteiger partial charge in [0.25, 0.3) is 5.56 Å². The summed E-state index contributed by atoms with van der Waals surface area (Å²) in [4.78, 5) is 17.9. The van der Waals surface area contributed by atoms with Crippen molar-refractivity contribution >= 4 is 5.95 Å². The van der Waals surface area contributed by atoms with Gasteiger partial charge in [-0.3, -0.25) is 9.78 Å². The topological polar surface area (TPSA) is 57.8 Å². The lowest BCUT2D eigenvalue weighted by molar-refractivity contribution is 0.831. The molecule has 0 saturated heterocycles. The summed E-state index contributed by atoms with van der Waals surface area (Å²) in [6.07, 6.45) is 1.61. The molecule has 1 aromatic rings. The van der Waals surface area contributed by atoms with Crippen LogP contribution in [0.2, 0.25) is 0 Å². The summed E-state index contributed by atoms with van der Waals surface area (Å²) < 4.78 is 0. The van der Waals surface area contributed by atoms with E-state index in [2.05, 4.69) is 15.3 Å². The monoisotopic (exact) mass is 167 g/mol. The Balaban J connectivity index is 3.12. The number of rotatable bonds is 2. The van der Waals surface area contributed by atoms with Crippen molar-refractivity contribution in [2.45, 2.75) is 19.8 Å². The molecule has 0 atom stereocenters. The molecule has 1 aromatic heterocycles. The molecule has 1 rings (SSSR count). The van der Waals surface area contributed by atoms with Crippen molar-refractivity contribution in [1.82, 2.24) is 9.97 Å². The Labute approximate surface area is 71.0 Å². The Bertz CT molecular complexity index is 316. The summed E-state index contributed by atoms with van der Waals surface area (Å²) in [5.74, 6) is 0.719. The molecule has 12 heavy (non-hydrogen) atoms. The third kappa shape index (κ3) is 1.64. The highest BCUT2D eigenvalue weighted by molar-refractivity contribution is 5.24. The largest absolute Gasteiger partial charge is 0.359 e. The summed E-state index contributed by atoms with van der Waals surface area (Å²) in [6.45, 7) is 3.93. The van der Waals surface area contributed by atoms with Crippen molar-refractivity contribution in [3.63, 3.8) is 0 Å².